The average molecular weight is 502 g/mol. The van der Waals surface area contributed by atoms with Crippen molar-refractivity contribution >= 4 is 17.5 Å². The lowest BCUT2D eigenvalue weighted by molar-refractivity contribution is -0.128. The van der Waals surface area contributed by atoms with Gasteiger partial charge in [-0.05, 0) is 61.3 Å². The second-order valence-electron chi connectivity index (χ2n) is 11.5. The lowest BCUT2D eigenvalue weighted by Crippen LogP contribution is -2.51. The number of nitrogens with one attached hydrogen (secondary N) is 1. The third-order valence-corrected chi connectivity index (χ3v) is 7.59. The van der Waals surface area contributed by atoms with E-state index in [1.165, 1.54) is 6.42 Å². The average Bonchev–Trinajstić information content (AvgIpc) is 3.36. The van der Waals surface area contributed by atoms with Gasteiger partial charge in [0.1, 0.15) is 12.1 Å². The van der Waals surface area contributed by atoms with Crippen molar-refractivity contribution in [3.63, 3.8) is 0 Å². The zero-order valence-electron chi connectivity index (χ0n) is 22.5. The molecule has 2 aliphatic rings. The Balaban J connectivity index is 1.80. The Hall–Kier alpha value is -3.40. The Morgan fingerprint density at radius 1 is 1.08 bits per heavy atom. The molecule has 1 saturated heterocycles. The molecule has 37 heavy (non-hydrogen) atoms. The minimum atomic E-state index is -0.886. The summed E-state index contributed by atoms with van der Waals surface area (Å²) in [6.45, 7) is 8.92. The van der Waals surface area contributed by atoms with Crippen molar-refractivity contribution in [3.05, 3.63) is 59.4 Å². The van der Waals surface area contributed by atoms with Gasteiger partial charge in [-0.2, -0.15) is 5.26 Å². The van der Waals surface area contributed by atoms with Crippen molar-refractivity contribution in [3.8, 4) is 6.19 Å². The number of amides is 2. The van der Waals surface area contributed by atoms with E-state index >= 15 is 0 Å². The first-order valence-electron chi connectivity index (χ1n) is 13.5. The summed E-state index contributed by atoms with van der Waals surface area (Å²) in [4.78, 5) is 35.8. The van der Waals surface area contributed by atoms with Crippen LogP contribution in [0.4, 0.5) is 5.69 Å². The Bertz CT molecular complexity index is 1140. The number of hydrogen-bond acceptors (Lipinski definition) is 5. The maximum atomic E-state index is 14.2. The van der Waals surface area contributed by atoms with Crippen LogP contribution < -0.4 is 10.2 Å². The van der Waals surface area contributed by atoms with Gasteiger partial charge in [0.05, 0.1) is 0 Å². The maximum absolute atomic E-state index is 14.2. The van der Waals surface area contributed by atoms with Crippen molar-refractivity contribution < 1.29 is 9.59 Å². The van der Waals surface area contributed by atoms with Crippen LogP contribution in [0.15, 0.2) is 42.7 Å². The number of benzene rings is 1. The predicted octanol–water partition coefficient (Wildman–Crippen LogP) is 5.16. The quantitative estimate of drug-likeness (QED) is 0.553. The SMILES string of the molecule is Cc1cncc(C(C(=O)NC2CCCCC2)N(C(=O)[C@H]2CCCN2C#N)c2ccc(C(C)(C)C)cc2)c1. The lowest BCUT2D eigenvalue weighted by atomic mass is 9.87. The number of carbonyl (C=O) groups excluding carboxylic acids is 2. The molecule has 1 N–H and O–H groups in total. The van der Waals surface area contributed by atoms with E-state index in [1.54, 1.807) is 22.2 Å². The van der Waals surface area contributed by atoms with Crippen molar-refractivity contribution in [2.24, 2.45) is 0 Å². The number of hydrogen-bond donors (Lipinski definition) is 1. The van der Waals surface area contributed by atoms with Crippen LogP contribution >= 0.6 is 0 Å². The molecule has 2 fully saturated rings. The smallest absolute Gasteiger partial charge is 0.251 e. The minimum Gasteiger partial charge on any atom is -0.351 e. The van der Waals surface area contributed by atoms with Crippen LogP contribution in [-0.4, -0.2) is 40.3 Å². The lowest BCUT2D eigenvalue weighted by Gasteiger charge is -2.36. The van der Waals surface area contributed by atoms with Crippen molar-refractivity contribution in [1.82, 2.24) is 15.2 Å². The van der Waals surface area contributed by atoms with Crippen molar-refractivity contribution in [1.29, 1.82) is 5.26 Å². The maximum Gasteiger partial charge on any atom is 0.251 e. The van der Waals surface area contributed by atoms with E-state index in [4.69, 9.17) is 0 Å². The summed E-state index contributed by atoms with van der Waals surface area (Å²) in [6, 6.07) is 8.46. The monoisotopic (exact) mass is 501 g/mol. The van der Waals surface area contributed by atoms with Gasteiger partial charge in [-0.25, -0.2) is 0 Å². The molecular formula is C30H39N5O2. The normalized spacial score (nSPS) is 19.2. The molecule has 1 aliphatic heterocycles. The van der Waals surface area contributed by atoms with Gasteiger partial charge in [0, 0.05) is 36.2 Å². The molecule has 1 saturated carbocycles. The number of aryl methyl sites for hydroxylation is 1. The molecule has 2 aromatic rings. The molecule has 4 rings (SSSR count). The summed E-state index contributed by atoms with van der Waals surface area (Å²) in [5.41, 5.74) is 3.33. The number of carbonyl (C=O) groups is 2. The third kappa shape index (κ3) is 6.12. The van der Waals surface area contributed by atoms with Crippen LogP contribution in [0.1, 0.15) is 88.4 Å². The van der Waals surface area contributed by atoms with Crippen LogP contribution in [0, 0.1) is 18.4 Å². The fraction of sp³-hybridized carbons (Fsp3) is 0.533. The first-order chi connectivity index (χ1) is 17.7. The summed E-state index contributed by atoms with van der Waals surface area (Å²) >= 11 is 0. The van der Waals surface area contributed by atoms with Gasteiger partial charge in [0.15, 0.2) is 6.19 Å². The fourth-order valence-corrected chi connectivity index (χ4v) is 5.50. The summed E-state index contributed by atoms with van der Waals surface area (Å²) in [5, 5.41) is 13.0. The number of rotatable bonds is 6. The number of nitrogens with zero attached hydrogens (tertiary/aromatic N) is 4. The summed E-state index contributed by atoms with van der Waals surface area (Å²) in [5.74, 6) is -0.429. The first kappa shape index (κ1) is 26.7. The number of pyridine rings is 1. The summed E-state index contributed by atoms with van der Waals surface area (Å²) < 4.78 is 0. The summed E-state index contributed by atoms with van der Waals surface area (Å²) in [6.07, 6.45) is 12.2. The number of anilines is 1. The van der Waals surface area contributed by atoms with E-state index < -0.39 is 12.1 Å². The molecule has 0 bridgehead atoms. The first-order valence-corrected chi connectivity index (χ1v) is 13.5. The summed E-state index contributed by atoms with van der Waals surface area (Å²) in [7, 11) is 0. The largest absolute Gasteiger partial charge is 0.351 e. The Morgan fingerprint density at radius 2 is 1.78 bits per heavy atom. The molecular weight excluding hydrogens is 462 g/mol. The van der Waals surface area contributed by atoms with Gasteiger partial charge >= 0.3 is 0 Å². The van der Waals surface area contributed by atoms with E-state index in [0.29, 0.717) is 24.2 Å². The van der Waals surface area contributed by atoms with Gasteiger partial charge in [0.2, 0.25) is 5.91 Å². The molecule has 0 spiro atoms. The molecule has 1 aliphatic carbocycles. The fourth-order valence-electron chi connectivity index (χ4n) is 5.50. The highest BCUT2D eigenvalue weighted by Crippen LogP contribution is 2.34. The highest BCUT2D eigenvalue weighted by atomic mass is 16.2. The molecule has 2 amide bonds. The van der Waals surface area contributed by atoms with Crippen molar-refractivity contribution in [2.45, 2.75) is 96.2 Å². The van der Waals surface area contributed by atoms with Gasteiger partial charge < -0.3 is 5.32 Å². The molecule has 1 aromatic heterocycles. The third-order valence-electron chi connectivity index (χ3n) is 7.59. The second-order valence-corrected chi connectivity index (χ2v) is 11.5. The van der Waals surface area contributed by atoms with E-state index in [1.807, 2.05) is 37.3 Å². The Labute approximate surface area is 220 Å². The number of aromatic nitrogens is 1. The highest BCUT2D eigenvalue weighted by molar-refractivity contribution is 6.04. The Kier molecular flexibility index (Phi) is 8.16. The molecule has 2 heterocycles. The molecule has 2 atom stereocenters. The van der Waals surface area contributed by atoms with Crippen LogP contribution in [-0.2, 0) is 15.0 Å². The molecule has 0 radical (unpaired) electrons. The zero-order valence-corrected chi connectivity index (χ0v) is 22.5. The van der Waals surface area contributed by atoms with Crippen LogP contribution in [0.3, 0.4) is 0 Å². The topological polar surface area (TPSA) is 89.3 Å². The number of likely N-dealkylation sites (tertiary alicyclic amines) is 1. The molecule has 196 valence electrons. The molecule has 1 unspecified atom stereocenters. The van der Waals surface area contributed by atoms with E-state index in [0.717, 1.165) is 43.2 Å². The van der Waals surface area contributed by atoms with E-state index in [-0.39, 0.29) is 23.3 Å². The van der Waals surface area contributed by atoms with Gasteiger partial charge in [-0.1, -0.05) is 58.2 Å². The molecule has 7 heteroatoms. The molecule has 1 aromatic carbocycles. The van der Waals surface area contributed by atoms with Crippen LogP contribution in [0.25, 0.3) is 0 Å². The van der Waals surface area contributed by atoms with Gasteiger partial charge in [-0.15, -0.1) is 0 Å². The highest BCUT2D eigenvalue weighted by Gasteiger charge is 2.40. The standard InChI is InChI=1S/C30H39N5O2/c1-21-17-22(19-32-18-21)27(28(36)33-24-9-6-5-7-10-24)35(29(37)26-11-8-16-34(26)20-31)25-14-12-23(13-15-25)30(2,3)4/h12-15,17-19,24,26-27H,5-11,16H2,1-4H3,(H,33,36)/t26-,27?/m1/s1. The molecule has 7 nitrogen and oxygen atoms in total. The van der Waals surface area contributed by atoms with E-state index in [9.17, 15) is 14.9 Å². The Morgan fingerprint density at radius 3 is 2.41 bits per heavy atom. The minimum absolute atomic E-state index is 0.0470. The zero-order chi connectivity index (χ0) is 26.6. The van der Waals surface area contributed by atoms with Crippen LogP contribution in [0.5, 0.6) is 0 Å². The van der Waals surface area contributed by atoms with E-state index in [2.05, 4.69) is 37.3 Å². The van der Waals surface area contributed by atoms with Crippen molar-refractivity contribution in [2.75, 3.05) is 11.4 Å². The van der Waals surface area contributed by atoms with Crippen LogP contribution in [0.2, 0.25) is 0 Å². The predicted molar refractivity (Wildman–Crippen MR) is 145 cm³/mol. The van der Waals surface area contributed by atoms with Gasteiger partial charge in [-0.3, -0.25) is 24.4 Å². The number of nitriles is 1. The second kappa shape index (κ2) is 11.3. The van der Waals surface area contributed by atoms with Gasteiger partial charge in [0.25, 0.3) is 5.91 Å².